The van der Waals surface area contributed by atoms with Gasteiger partial charge >= 0.3 is 0 Å². The maximum absolute atomic E-state index is 5.30. The number of nitrogens with zero attached hydrogens (tertiary/aromatic N) is 5. The maximum atomic E-state index is 5.30. The van der Waals surface area contributed by atoms with E-state index in [9.17, 15) is 0 Å². The molecule has 2 aliphatic rings. The number of anilines is 1. The molecule has 0 amide bonds. The first-order valence-corrected chi connectivity index (χ1v) is 10.7. The molecule has 0 N–H and O–H groups in total. The highest BCUT2D eigenvalue weighted by atomic mass is 16.5. The second-order valence-corrected chi connectivity index (χ2v) is 8.90. The van der Waals surface area contributed by atoms with E-state index < -0.39 is 0 Å². The van der Waals surface area contributed by atoms with Crippen molar-refractivity contribution in [1.82, 2.24) is 19.8 Å². The SMILES string of the molecule is Cc1nc(N2CCC3(CC2)Cc2ccccc2C3)c2ccnn2c1-c1cnoc1C. The summed E-state index contributed by atoms with van der Waals surface area (Å²) < 4.78 is 7.29. The van der Waals surface area contributed by atoms with Crippen molar-refractivity contribution in [2.75, 3.05) is 18.0 Å². The molecule has 0 radical (unpaired) electrons. The molecule has 4 aromatic rings. The molecule has 1 aromatic carbocycles. The van der Waals surface area contributed by atoms with Crippen molar-refractivity contribution in [3.63, 3.8) is 0 Å². The second-order valence-electron chi connectivity index (χ2n) is 8.90. The number of benzene rings is 1. The normalized spacial score (nSPS) is 17.7. The first kappa shape index (κ1) is 17.7. The van der Waals surface area contributed by atoms with Gasteiger partial charge in [-0.25, -0.2) is 9.50 Å². The van der Waals surface area contributed by atoms with Crippen molar-refractivity contribution in [3.05, 3.63) is 65.3 Å². The summed E-state index contributed by atoms with van der Waals surface area (Å²) in [5.41, 5.74) is 7.41. The Morgan fingerprint density at radius 1 is 1.00 bits per heavy atom. The minimum absolute atomic E-state index is 0.422. The van der Waals surface area contributed by atoms with Crippen LogP contribution in [0.5, 0.6) is 0 Å². The van der Waals surface area contributed by atoms with Crippen LogP contribution >= 0.6 is 0 Å². The highest BCUT2D eigenvalue weighted by Crippen LogP contribution is 2.45. The lowest BCUT2D eigenvalue weighted by Crippen LogP contribution is -2.41. The summed E-state index contributed by atoms with van der Waals surface area (Å²) in [5, 5.41) is 8.56. The Morgan fingerprint density at radius 2 is 1.73 bits per heavy atom. The lowest BCUT2D eigenvalue weighted by atomic mass is 9.76. The molecule has 152 valence electrons. The van der Waals surface area contributed by atoms with Crippen LogP contribution in [0.25, 0.3) is 16.8 Å². The van der Waals surface area contributed by atoms with Crippen LogP contribution in [0.4, 0.5) is 5.82 Å². The van der Waals surface area contributed by atoms with Crippen LogP contribution < -0.4 is 4.90 Å². The van der Waals surface area contributed by atoms with E-state index in [1.807, 2.05) is 24.6 Å². The Balaban J connectivity index is 1.32. The van der Waals surface area contributed by atoms with E-state index >= 15 is 0 Å². The molecule has 0 atom stereocenters. The zero-order chi connectivity index (χ0) is 20.3. The van der Waals surface area contributed by atoms with E-state index in [2.05, 4.69) is 45.5 Å². The number of aromatic nitrogens is 4. The number of rotatable bonds is 2. The number of hydrogen-bond acceptors (Lipinski definition) is 5. The van der Waals surface area contributed by atoms with Gasteiger partial charge in [-0.15, -0.1) is 0 Å². The standard InChI is InChI=1S/C24H25N5O/c1-16-22(20-15-26-30-17(20)2)29-21(7-10-25-29)23(27-16)28-11-8-24(9-12-28)13-18-5-3-4-6-19(18)14-24/h3-7,10,15H,8-9,11-14H2,1-2H3. The fourth-order valence-corrected chi connectivity index (χ4v) is 5.46. The predicted molar refractivity (Wildman–Crippen MR) is 116 cm³/mol. The summed E-state index contributed by atoms with van der Waals surface area (Å²) >= 11 is 0. The van der Waals surface area contributed by atoms with Crippen molar-refractivity contribution in [1.29, 1.82) is 0 Å². The maximum Gasteiger partial charge on any atom is 0.155 e. The highest BCUT2D eigenvalue weighted by Gasteiger charge is 2.40. The molecule has 1 aliphatic heterocycles. The van der Waals surface area contributed by atoms with Crippen LogP contribution in [0.3, 0.4) is 0 Å². The molecule has 6 heteroatoms. The van der Waals surface area contributed by atoms with Crippen LogP contribution in [0.2, 0.25) is 0 Å². The zero-order valence-electron chi connectivity index (χ0n) is 17.4. The Labute approximate surface area is 175 Å². The van der Waals surface area contributed by atoms with E-state index in [0.717, 1.165) is 47.1 Å². The molecular formula is C24H25N5O. The van der Waals surface area contributed by atoms with Crippen molar-refractivity contribution in [3.8, 4) is 11.3 Å². The monoisotopic (exact) mass is 399 g/mol. The summed E-state index contributed by atoms with van der Waals surface area (Å²) in [6, 6.07) is 11.0. The van der Waals surface area contributed by atoms with Crippen LogP contribution in [0.15, 0.2) is 47.2 Å². The molecule has 0 saturated carbocycles. The van der Waals surface area contributed by atoms with Crippen LogP contribution in [-0.2, 0) is 12.8 Å². The summed E-state index contributed by atoms with van der Waals surface area (Å²) in [6.45, 7) is 6.04. The number of aryl methyl sites for hydroxylation is 2. The van der Waals surface area contributed by atoms with Gasteiger partial charge in [-0.05, 0) is 62.1 Å². The van der Waals surface area contributed by atoms with E-state index in [1.165, 1.54) is 25.7 Å². The third-order valence-corrected chi connectivity index (χ3v) is 7.08. The topological polar surface area (TPSA) is 59.5 Å². The quantitative estimate of drug-likeness (QED) is 0.500. The number of fused-ring (bicyclic) bond motifs is 2. The Kier molecular flexibility index (Phi) is 3.79. The van der Waals surface area contributed by atoms with E-state index in [4.69, 9.17) is 9.51 Å². The molecule has 6 nitrogen and oxygen atoms in total. The van der Waals surface area contributed by atoms with Gasteiger partial charge < -0.3 is 9.42 Å². The van der Waals surface area contributed by atoms with Gasteiger partial charge in [0.2, 0.25) is 0 Å². The average Bonchev–Trinajstić information content (AvgIpc) is 3.47. The van der Waals surface area contributed by atoms with Gasteiger partial charge in [-0.1, -0.05) is 29.4 Å². The molecule has 3 aromatic heterocycles. The summed E-state index contributed by atoms with van der Waals surface area (Å²) in [5.74, 6) is 1.82. The molecule has 30 heavy (non-hydrogen) atoms. The highest BCUT2D eigenvalue weighted by molar-refractivity contribution is 5.75. The number of hydrogen-bond donors (Lipinski definition) is 0. The van der Waals surface area contributed by atoms with E-state index in [0.29, 0.717) is 5.41 Å². The van der Waals surface area contributed by atoms with E-state index in [-0.39, 0.29) is 0 Å². The molecule has 6 rings (SSSR count). The fourth-order valence-electron chi connectivity index (χ4n) is 5.46. The van der Waals surface area contributed by atoms with E-state index in [1.54, 1.807) is 17.3 Å². The van der Waals surface area contributed by atoms with Crippen molar-refractivity contribution >= 4 is 11.3 Å². The summed E-state index contributed by atoms with van der Waals surface area (Å²) in [7, 11) is 0. The first-order valence-electron chi connectivity index (χ1n) is 10.7. The molecule has 1 fully saturated rings. The summed E-state index contributed by atoms with van der Waals surface area (Å²) in [4.78, 5) is 7.49. The van der Waals surface area contributed by atoms with Gasteiger partial charge in [0.15, 0.2) is 5.82 Å². The van der Waals surface area contributed by atoms with Crippen molar-refractivity contribution < 1.29 is 4.52 Å². The Hall–Kier alpha value is -3.15. The minimum atomic E-state index is 0.422. The number of piperidine rings is 1. The van der Waals surface area contributed by atoms with Crippen LogP contribution in [0.1, 0.15) is 35.4 Å². The molecule has 0 bridgehead atoms. The van der Waals surface area contributed by atoms with Gasteiger partial charge in [0, 0.05) is 13.1 Å². The Bertz CT molecular complexity index is 1220. The zero-order valence-corrected chi connectivity index (χ0v) is 17.4. The third kappa shape index (κ3) is 2.59. The minimum Gasteiger partial charge on any atom is -0.361 e. The molecule has 4 heterocycles. The Morgan fingerprint density at radius 3 is 2.40 bits per heavy atom. The van der Waals surface area contributed by atoms with Gasteiger partial charge in [0.05, 0.1) is 29.3 Å². The lowest BCUT2D eigenvalue weighted by molar-refractivity contribution is 0.232. The molecule has 1 spiro atoms. The third-order valence-electron chi connectivity index (χ3n) is 7.08. The smallest absolute Gasteiger partial charge is 0.155 e. The fraction of sp³-hybridized carbons (Fsp3) is 0.375. The van der Waals surface area contributed by atoms with Gasteiger partial charge in [0.25, 0.3) is 0 Å². The summed E-state index contributed by atoms with van der Waals surface area (Å²) in [6.07, 6.45) is 8.45. The van der Waals surface area contributed by atoms with Crippen molar-refractivity contribution in [2.45, 2.75) is 39.5 Å². The van der Waals surface area contributed by atoms with Crippen LogP contribution in [-0.4, -0.2) is 32.8 Å². The van der Waals surface area contributed by atoms with Gasteiger partial charge in [-0.3, -0.25) is 0 Å². The van der Waals surface area contributed by atoms with Crippen LogP contribution in [0, 0.1) is 19.3 Å². The lowest BCUT2D eigenvalue weighted by Gasteiger charge is -2.40. The molecule has 1 saturated heterocycles. The molecule has 0 unspecified atom stereocenters. The largest absolute Gasteiger partial charge is 0.361 e. The average molecular weight is 399 g/mol. The molecular weight excluding hydrogens is 374 g/mol. The van der Waals surface area contributed by atoms with Gasteiger partial charge in [-0.2, -0.15) is 5.10 Å². The predicted octanol–water partition coefficient (Wildman–Crippen LogP) is 4.39. The van der Waals surface area contributed by atoms with Crippen molar-refractivity contribution in [2.24, 2.45) is 5.41 Å². The second kappa shape index (κ2) is 6.42. The van der Waals surface area contributed by atoms with Gasteiger partial charge in [0.1, 0.15) is 11.3 Å². The first-order chi connectivity index (χ1) is 14.6. The molecule has 1 aliphatic carbocycles.